The van der Waals surface area contributed by atoms with Gasteiger partial charge in [-0.2, -0.15) is 0 Å². The van der Waals surface area contributed by atoms with Crippen LogP contribution in [-0.2, 0) is 0 Å². The third-order valence-corrected chi connectivity index (χ3v) is 2.74. The van der Waals surface area contributed by atoms with Gasteiger partial charge >= 0.3 is 0 Å². The highest BCUT2D eigenvalue weighted by molar-refractivity contribution is 4.74. The van der Waals surface area contributed by atoms with Crippen LogP contribution in [0.25, 0.3) is 0 Å². The first-order valence-electron chi connectivity index (χ1n) is 4.60. The molecule has 1 aliphatic rings. The van der Waals surface area contributed by atoms with Crippen molar-refractivity contribution in [2.45, 2.75) is 51.5 Å². The van der Waals surface area contributed by atoms with Gasteiger partial charge in [-0.25, -0.2) is 0 Å². The lowest BCUT2D eigenvalue weighted by atomic mass is 9.93. The molecule has 0 saturated heterocycles. The number of rotatable bonds is 1. The molecular weight excluding hydrogens is 122 g/mol. The van der Waals surface area contributed by atoms with Gasteiger partial charge in [0.25, 0.3) is 0 Å². The summed E-state index contributed by atoms with van der Waals surface area (Å²) in [6.45, 7) is 2.26. The molecule has 1 saturated carbocycles. The molecule has 0 radical (unpaired) electrons. The minimum Gasteiger partial charge on any atom is -0.327 e. The van der Waals surface area contributed by atoms with E-state index in [1.54, 1.807) is 0 Å². The Morgan fingerprint density at radius 1 is 1.20 bits per heavy atom. The van der Waals surface area contributed by atoms with Gasteiger partial charge in [0, 0.05) is 6.04 Å². The van der Waals surface area contributed by atoms with E-state index < -0.39 is 0 Å². The van der Waals surface area contributed by atoms with E-state index in [-0.39, 0.29) is 0 Å². The van der Waals surface area contributed by atoms with Gasteiger partial charge in [-0.1, -0.05) is 32.6 Å². The summed E-state index contributed by atoms with van der Waals surface area (Å²) in [5.41, 5.74) is 5.99. The maximum absolute atomic E-state index is 5.99. The van der Waals surface area contributed by atoms with E-state index in [0.29, 0.717) is 6.04 Å². The molecule has 1 aliphatic carbocycles. The van der Waals surface area contributed by atoms with E-state index in [1.807, 2.05) is 0 Å². The van der Waals surface area contributed by atoms with E-state index in [2.05, 4.69) is 6.92 Å². The van der Waals surface area contributed by atoms with E-state index >= 15 is 0 Å². The molecule has 2 atom stereocenters. The minimum atomic E-state index is 0.507. The van der Waals surface area contributed by atoms with Crippen LogP contribution in [0.5, 0.6) is 0 Å². The van der Waals surface area contributed by atoms with Crippen LogP contribution in [0.15, 0.2) is 0 Å². The van der Waals surface area contributed by atoms with Crippen LogP contribution in [0.3, 0.4) is 0 Å². The van der Waals surface area contributed by atoms with Crippen LogP contribution in [0.4, 0.5) is 0 Å². The Balaban J connectivity index is 2.35. The van der Waals surface area contributed by atoms with E-state index in [0.717, 1.165) is 5.92 Å². The zero-order valence-corrected chi connectivity index (χ0v) is 6.97. The van der Waals surface area contributed by atoms with Crippen molar-refractivity contribution in [2.75, 3.05) is 0 Å². The van der Waals surface area contributed by atoms with Crippen molar-refractivity contribution in [1.29, 1.82) is 0 Å². The van der Waals surface area contributed by atoms with Crippen molar-refractivity contribution in [3.8, 4) is 0 Å². The van der Waals surface area contributed by atoms with Gasteiger partial charge in [0.05, 0.1) is 0 Å². The molecule has 0 amide bonds. The monoisotopic (exact) mass is 141 g/mol. The molecule has 0 aromatic heterocycles. The van der Waals surface area contributed by atoms with Crippen molar-refractivity contribution in [3.63, 3.8) is 0 Å². The van der Waals surface area contributed by atoms with Crippen LogP contribution < -0.4 is 5.73 Å². The topological polar surface area (TPSA) is 26.0 Å². The van der Waals surface area contributed by atoms with Crippen molar-refractivity contribution in [1.82, 2.24) is 0 Å². The van der Waals surface area contributed by atoms with Gasteiger partial charge in [-0.15, -0.1) is 0 Å². The summed E-state index contributed by atoms with van der Waals surface area (Å²) in [5.74, 6) is 0.822. The molecule has 1 nitrogen and oxygen atoms in total. The first kappa shape index (κ1) is 8.06. The lowest BCUT2D eigenvalue weighted by Crippen LogP contribution is -2.28. The van der Waals surface area contributed by atoms with Gasteiger partial charge in [-0.05, 0) is 18.8 Å². The number of nitrogens with two attached hydrogens (primary N) is 1. The van der Waals surface area contributed by atoms with Crippen LogP contribution in [0.2, 0.25) is 0 Å². The third kappa shape index (κ3) is 1.98. The van der Waals surface area contributed by atoms with Crippen LogP contribution in [-0.4, -0.2) is 6.04 Å². The van der Waals surface area contributed by atoms with Gasteiger partial charge in [-0.3, -0.25) is 0 Å². The fourth-order valence-corrected chi connectivity index (χ4v) is 1.92. The normalized spacial score (nSPS) is 35.4. The Morgan fingerprint density at radius 3 is 2.60 bits per heavy atom. The maximum Gasteiger partial charge on any atom is 0.00670 e. The summed E-state index contributed by atoms with van der Waals surface area (Å²) in [7, 11) is 0. The van der Waals surface area contributed by atoms with Crippen molar-refractivity contribution in [3.05, 3.63) is 0 Å². The summed E-state index contributed by atoms with van der Waals surface area (Å²) in [4.78, 5) is 0. The first-order valence-corrected chi connectivity index (χ1v) is 4.60. The average molecular weight is 141 g/mol. The van der Waals surface area contributed by atoms with Crippen molar-refractivity contribution in [2.24, 2.45) is 11.7 Å². The predicted octanol–water partition coefficient (Wildman–Crippen LogP) is 2.30. The number of hydrogen-bond donors (Lipinski definition) is 1. The van der Waals surface area contributed by atoms with Gasteiger partial charge in [0.1, 0.15) is 0 Å². The highest BCUT2D eigenvalue weighted by Crippen LogP contribution is 2.23. The summed E-state index contributed by atoms with van der Waals surface area (Å²) in [6, 6.07) is 0.507. The molecule has 1 rings (SSSR count). The molecule has 0 spiro atoms. The fraction of sp³-hybridized carbons (Fsp3) is 1.00. The van der Waals surface area contributed by atoms with Crippen LogP contribution in [0, 0.1) is 5.92 Å². The predicted molar refractivity (Wildman–Crippen MR) is 44.8 cm³/mol. The second-order valence-electron chi connectivity index (χ2n) is 3.47. The summed E-state index contributed by atoms with van der Waals surface area (Å²) in [5, 5.41) is 0. The SMILES string of the molecule is CC[C@@H]1CCCCC[C@@H]1N. The lowest BCUT2D eigenvalue weighted by Gasteiger charge is -2.18. The molecule has 10 heavy (non-hydrogen) atoms. The Kier molecular flexibility index (Phi) is 3.20. The minimum absolute atomic E-state index is 0.507. The smallest absolute Gasteiger partial charge is 0.00670 e. The summed E-state index contributed by atoms with van der Waals surface area (Å²) < 4.78 is 0. The zero-order valence-electron chi connectivity index (χ0n) is 6.97. The van der Waals surface area contributed by atoms with Crippen molar-refractivity contribution >= 4 is 0 Å². The second-order valence-corrected chi connectivity index (χ2v) is 3.47. The van der Waals surface area contributed by atoms with Gasteiger partial charge in [0.2, 0.25) is 0 Å². The molecule has 0 unspecified atom stereocenters. The molecule has 1 fully saturated rings. The molecule has 0 aliphatic heterocycles. The van der Waals surface area contributed by atoms with E-state index in [1.165, 1.54) is 38.5 Å². The Morgan fingerprint density at radius 2 is 1.90 bits per heavy atom. The summed E-state index contributed by atoms with van der Waals surface area (Å²) >= 11 is 0. The quantitative estimate of drug-likeness (QED) is 0.557. The Labute approximate surface area is 64.0 Å². The first-order chi connectivity index (χ1) is 4.84. The maximum atomic E-state index is 5.99. The molecule has 0 aromatic rings. The fourth-order valence-electron chi connectivity index (χ4n) is 1.92. The molecule has 1 heteroatoms. The Bertz CT molecular complexity index is 90.7. The number of hydrogen-bond acceptors (Lipinski definition) is 1. The second kappa shape index (κ2) is 3.97. The summed E-state index contributed by atoms with van der Waals surface area (Å²) in [6.07, 6.45) is 8.09. The standard InChI is InChI=1S/C9H19N/c1-2-8-6-4-3-5-7-9(8)10/h8-9H,2-7,10H2,1H3/t8-,9+/m1/s1. The highest BCUT2D eigenvalue weighted by Gasteiger charge is 2.17. The van der Waals surface area contributed by atoms with Gasteiger partial charge in [0.15, 0.2) is 0 Å². The van der Waals surface area contributed by atoms with Gasteiger partial charge < -0.3 is 5.73 Å². The van der Waals surface area contributed by atoms with Crippen LogP contribution >= 0.6 is 0 Å². The lowest BCUT2D eigenvalue weighted by molar-refractivity contribution is 0.386. The Hall–Kier alpha value is -0.0400. The molecule has 0 aromatic carbocycles. The molecular formula is C9H19N. The molecule has 2 N–H and O–H groups in total. The zero-order chi connectivity index (χ0) is 7.40. The van der Waals surface area contributed by atoms with Crippen molar-refractivity contribution < 1.29 is 0 Å². The molecule has 60 valence electrons. The largest absolute Gasteiger partial charge is 0.327 e. The third-order valence-electron chi connectivity index (χ3n) is 2.74. The van der Waals surface area contributed by atoms with Crippen LogP contribution in [0.1, 0.15) is 45.4 Å². The molecule has 0 heterocycles. The molecule has 0 bridgehead atoms. The highest BCUT2D eigenvalue weighted by atomic mass is 14.6. The average Bonchev–Trinajstić information content (AvgIpc) is 2.13. The van der Waals surface area contributed by atoms with E-state index in [4.69, 9.17) is 5.73 Å². The van der Waals surface area contributed by atoms with E-state index in [9.17, 15) is 0 Å².